The molecule has 5 heteroatoms. The lowest BCUT2D eigenvalue weighted by Gasteiger charge is -2.11. The van der Waals surface area contributed by atoms with E-state index in [4.69, 9.17) is 9.47 Å². The van der Waals surface area contributed by atoms with Crippen LogP contribution in [-0.4, -0.2) is 43.5 Å². The molecule has 0 aliphatic heterocycles. The van der Waals surface area contributed by atoms with Gasteiger partial charge in [0.2, 0.25) is 11.8 Å². The molecule has 0 unspecified atom stereocenters. The van der Waals surface area contributed by atoms with Crippen LogP contribution < -0.4 is 9.47 Å². The van der Waals surface area contributed by atoms with Gasteiger partial charge in [-0.25, -0.2) is 4.99 Å². The zero-order valence-corrected chi connectivity index (χ0v) is 13.8. The van der Waals surface area contributed by atoms with Gasteiger partial charge in [-0.15, -0.1) is 0 Å². The Morgan fingerprint density at radius 1 is 1.38 bits per heavy atom. The molecule has 0 bridgehead atoms. The second kappa shape index (κ2) is 9.21. The molecule has 0 aromatic carbocycles. The average molecular weight is 293 g/mol. The first-order valence-corrected chi connectivity index (χ1v) is 7.49. The lowest BCUT2D eigenvalue weighted by atomic mass is 10.1. The minimum atomic E-state index is 0.483. The van der Waals surface area contributed by atoms with Gasteiger partial charge in [0.1, 0.15) is 5.69 Å². The minimum Gasteiger partial charge on any atom is -0.479 e. The molecular weight excluding hydrogens is 266 g/mol. The first-order valence-electron chi connectivity index (χ1n) is 7.49. The number of aliphatic imine (C=N–C) groups is 1. The van der Waals surface area contributed by atoms with E-state index in [0.717, 1.165) is 19.4 Å². The first-order chi connectivity index (χ1) is 10.1. The highest BCUT2D eigenvalue weighted by Crippen LogP contribution is 2.27. The van der Waals surface area contributed by atoms with Crippen LogP contribution in [0.5, 0.6) is 11.8 Å². The SMILES string of the molecule is CCN(C)/C=N/c1ccc(OCCCC(C)C)nc1OC. The lowest BCUT2D eigenvalue weighted by molar-refractivity contribution is 0.282. The van der Waals surface area contributed by atoms with E-state index in [1.807, 2.05) is 24.1 Å². The van der Waals surface area contributed by atoms with Crippen molar-refractivity contribution in [3.63, 3.8) is 0 Å². The van der Waals surface area contributed by atoms with Crippen molar-refractivity contribution in [3.05, 3.63) is 12.1 Å². The Kier molecular flexibility index (Phi) is 7.58. The number of nitrogens with zero attached hydrogens (tertiary/aromatic N) is 3. The van der Waals surface area contributed by atoms with E-state index < -0.39 is 0 Å². The monoisotopic (exact) mass is 293 g/mol. The second-order valence-corrected chi connectivity index (χ2v) is 5.38. The van der Waals surface area contributed by atoms with E-state index in [0.29, 0.717) is 30.0 Å². The van der Waals surface area contributed by atoms with Gasteiger partial charge in [0.25, 0.3) is 0 Å². The van der Waals surface area contributed by atoms with E-state index in [2.05, 4.69) is 30.7 Å². The second-order valence-electron chi connectivity index (χ2n) is 5.38. The van der Waals surface area contributed by atoms with Crippen molar-refractivity contribution in [2.45, 2.75) is 33.6 Å². The van der Waals surface area contributed by atoms with Crippen molar-refractivity contribution in [2.24, 2.45) is 10.9 Å². The molecule has 1 aromatic heterocycles. The average Bonchev–Trinajstić information content (AvgIpc) is 2.49. The highest BCUT2D eigenvalue weighted by molar-refractivity contribution is 5.63. The Hall–Kier alpha value is -1.78. The van der Waals surface area contributed by atoms with Crippen molar-refractivity contribution in [2.75, 3.05) is 27.3 Å². The van der Waals surface area contributed by atoms with Crippen molar-refractivity contribution < 1.29 is 9.47 Å². The minimum absolute atomic E-state index is 0.483. The molecular formula is C16H27N3O2. The van der Waals surface area contributed by atoms with E-state index >= 15 is 0 Å². The third kappa shape index (κ3) is 6.47. The summed E-state index contributed by atoms with van der Waals surface area (Å²) in [4.78, 5) is 10.7. The molecule has 0 aliphatic carbocycles. The highest BCUT2D eigenvalue weighted by Gasteiger charge is 2.06. The Morgan fingerprint density at radius 2 is 2.14 bits per heavy atom. The number of methoxy groups -OCH3 is 1. The van der Waals surface area contributed by atoms with Crippen LogP contribution in [0, 0.1) is 5.92 Å². The van der Waals surface area contributed by atoms with E-state index in [1.165, 1.54) is 0 Å². The number of hydrogen-bond acceptors (Lipinski definition) is 4. The van der Waals surface area contributed by atoms with Gasteiger partial charge >= 0.3 is 0 Å². The largest absolute Gasteiger partial charge is 0.479 e. The van der Waals surface area contributed by atoms with Crippen LogP contribution in [0.3, 0.4) is 0 Å². The summed E-state index contributed by atoms with van der Waals surface area (Å²) in [5.74, 6) is 1.76. The van der Waals surface area contributed by atoms with Gasteiger partial charge in [-0.1, -0.05) is 13.8 Å². The number of hydrogen-bond donors (Lipinski definition) is 0. The lowest BCUT2D eigenvalue weighted by Crippen LogP contribution is -2.14. The Bertz CT molecular complexity index is 447. The zero-order chi connectivity index (χ0) is 15.7. The van der Waals surface area contributed by atoms with Crippen LogP contribution in [-0.2, 0) is 0 Å². The van der Waals surface area contributed by atoms with Gasteiger partial charge in [-0.3, -0.25) is 0 Å². The van der Waals surface area contributed by atoms with Crippen molar-refractivity contribution in [3.8, 4) is 11.8 Å². The van der Waals surface area contributed by atoms with E-state index in [9.17, 15) is 0 Å². The zero-order valence-electron chi connectivity index (χ0n) is 13.8. The Labute approximate surface area is 128 Å². The fourth-order valence-electron chi connectivity index (χ4n) is 1.66. The van der Waals surface area contributed by atoms with Crippen LogP contribution in [0.4, 0.5) is 5.69 Å². The molecule has 0 radical (unpaired) electrons. The molecule has 0 amide bonds. The first kappa shape index (κ1) is 17.3. The van der Waals surface area contributed by atoms with Crippen molar-refractivity contribution in [1.82, 2.24) is 9.88 Å². The standard InChI is InChI=1S/C16H27N3O2/c1-6-19(4)12-17-14-9-10-15(18-16(14)20-5)21-11-7-8-13(2)3/h9-10,12-13H,6-8,11H2,1-5H3/b17-12+. The Morgan fingerprint density at radius 3 is 2.76 bits per heavy atom. The number of rotatable bonds is 9. The third-order valence-electron chi connectivity index (χ3n) is 3.08. The molecule has 0 fully saturated rings. The van der Waals surface area contributed by atoms with Crippen LogP contribution in [0.2, 0.25) is 0 Å². The summed E-state index contributed by atoms with van der Waals surface area (Å²) < 4.78 is 10.9. The normalized spacial score (nSPS) is 11.1. The quantitative estimate of drug-likeness (QED) is 0.397. The number of ether oxygens (including phenoxy) is 2. The van der Waals surface area contributed by atoms with Gasteiger partial charge in [0, 0.05) is 19.7 Å². The van der Waals surface area contributed by atoms with Gasteiger partial charge in [-0.2, -0.15) is 4.98 Å². The molecule has 0 N–H and O–H groups in total. The van der Waals surface area contributed by atoms with Crippen LogP contribution in [0.15, 0.2) is 17.1 Å². The number of pyridine rings is 1. The molecule has 21 heavy (non-hydrogen) atoms. The maximum atomic E-state index is 5.65. The summed E-state index contributed by atoms with van der Waals surface area (Å²) in [6.45, 7) is 8.06. The Balaban J connectivity index is 2.63. The summed E-state index contributed by atoms with van der Waals surface area (Å²) in [6.07, 6.45) is 3.95. The maximum Gasteiger partial charge on any atom is 0.243 e. The van der Waals surface area contributed by atoms with Crippen LogP contribution in [0.1, 0.15) is 33.6 Å². The smallest absolute Gasteiger partial charge is 0.243 e. The van der Waals surface area contributed by atoms with Gasteiger partial charge < -0.3 is 14.4 Å². The third-order valence-corrected chi connectivity index (χ3v) is 3.08. The molecule has 0 spiro atoms. The van der Waals surface area contributed by atoms with E-state index in [-0.39, 0.29) is 0 Å². The molecule has 0 atom stereocenters. The maximum absolute atomic E-state index is 5.65. The molecule has 0 aliphatic rings. The molecule has 118 valence electrons. The summed E-state index contributed by atoms with van der Waals surface area (Å²) in [5.41, 5.74) is 0.701. The summed E-state index contributed by atoms with van der Waals surface area (Å²) in [6, 6.07) is 3.69. The van der Waals surface area contributed by atoms with E-state index in [1.54, 1.807) is 13.4 Å². The van der Waals surface area contributed by atoms with Gasteiger partial charge in [0.05, 0.1) is 20.1 Å². The molecule has 0 saturated heterocycles. The van der Waals surface area contributed by atoms with Crippen LogP contribution >= 0.6 is 0 Å². The fraction of sp³-hybridized carbons (Fsp3) is 0.625. The van der Waals surface area contributed by atoms with Crippen LogP contribution in [0.25, 0.3) is 0 Å². The number of aromatic nitrogens is 1. The molecule has 1 aromatic rings. The summed E-state index contributed by atoms with van der Waals surface area (Å²) in [5, 5.41) is 0. The topological polar surface area (TPSA) is 47.0 Å². The summed E-state index contributed by atoms with van der Waals surface area (Å²) >= 11 is 0. The molecule has 1 heterocycles. The highest BCUT2D eigenvalue weighted by atomic mass is 16.5. The van der Waals surface area contributed by atoms with Gasteiger partial charge in [0.15, 0.2) is 0 Å². The predicted octanol–water partition coefficient (Wildman–Crippen LogP) is 3.52. The molecule has 1 rings (SSSR count). The molecule has 5 nitrogen and oxygen atoms in total. The van der Waals surface area contributed by atoms with Gasteiger partial charge in [-0.05, 0) is 31.7 Å². The predicted molar refractivity (Wildman–Crippen MR) is 86.8 cm³/mol. The summed E-state index contributed by atoms with van der Waals surface area (Å²) in [7, 11) is 3.56. The van der Waals surface area contributed by atoms with Crippen molar-refractivity contribution >= 4 is 12.0 Å². The fourth-order valence-corrected chi connectivity index (χ4v) is 1.66. The van der Waals surface area contributed by atoms with Crippen molar-refractivity contribution in [1.29, 1.82) is 0 Å². The molecule has 0 saturated carbocycles.